The highest BCUT2D eigenvalue weighted by Gasteiger charge is 2.43. The average Bonchev–Trinajstić information content (AvgIpc) is 3.38. The minimum atomic E-state index is -0.0784. The molecule has 1 spiro atoms. The SMILES string of the molecule is CN1CC2(CCCCC2)n2c(cc3cnc(Nc4ccc(N5CCC(N6CCCCC6)CC5)cn4)nc32)C1=O. The molecule has 9 nitrogen and oxygen atoms in total. The third-order valence-electron chi connectivity index (χ3n) is 9.62. The Balaban J connectivity index is 1.08. The zero-order valence-corrected chi connectivity index (χ0v) is 23.1. The van der Waals surface area contributed by atoms with Crippen LogP contribution in [0.2, 0.25) is 0 Å². The Morgan fingerprint density at radius 3 is 2.44 bits per heavy atom. The van der Waals surface area contributed by atoms with Crippen molar-refractivity contribution in [3.63, 3.8) is 0 Å². The maximum atomic E-state index is 13.1. The van der Waals surface area contributed by atoms with Gasteiger partial charge in [-0.25, -0.2) is 9.97 Å². The maximum Gasteiger partial charge on any atom is 0.270 e. The number of fused-ring (bicyclic) bond motifs is 4. The number of carbonyl (C=O) groups is 1. The third kappa shape index (κ3) is 4.54. The van der Waals surface area contributed by atoms with E-state index in [1.807, 2.05) is 36.5 Å². The predicted octanol–water partition coefficient (Wildman–Crippen LogP) is 4.77. The van der Waals surface area contributed by atoms with Crippen molar-refractivity contribution in [2.75, 3.05) is 50.0 Å². The summed E-state index contributed by atoms with van der Waals surface area (Å²) in [5.41, 5.74) is 2.68. The number of rotatable bonds is 4. The van der Waals surface area contributed by atoms with Gasteiger partial charge in [0.05, 0.1) is 17.4 Å². The van der Waals surface area contributed by atoms with Crippen molar-refractivity contribution in [1.82, 2.24) is 29.3 Å². The van der Waals surface area contributed by atoms with Gasteiger partial charge in [0.15, 0.2) is 0 Å². The highest BCUT2D eigenvalue weighted by atomic mass is 16.2. The Labute approximate surface area is 230 Å². The van der Waals surface area contributed by atoms with Gasteiger partial charge in [-0.15, -0.1) is 0 Å². The summed E-state index contributed by atoms with van der Waals surface area (Å²) >= 11 is 0. The normalized spacial score (nSPS) is 22.4. The number of hydrogen-bond donors (Lipinski definition) is 1. The number of nitrogens with zero attached hydrogens (tertiary/aromatic N) is 7. The molecule has 4 aliphatic rings. The fourth-order valence-corrected chi connectivity index (χ4v) is 7.59. The van der Waals surface area contributed by atoms with Gasteiger partial charge in [-0.2, -0.15) is 4.98 Å². The van der Waals surface area contributed by atoms with Crippen molar-refractivity contribution < 1.29 is 4.79 Å². The summed E-state index contributed by atoms with van der Waals surface area (Å²) < 4.78 is 2.24. The minimum Gasteiger partial charge on any atom is -0.370 e. The molecule has 0 radical (unpaired) electrons. The van der Waals surface area contributed by atoms with Crippen LogP contribution in [0.4, 0.5) is 17.5 Å². The summed E-state index contributed by atoms with van der Waals surface area (Å²) in [6.45, 7) is 5.48. The molecule has 0 aromatic carbocycles. The van der Waals surface area contributed by atoms with Gasteiger partial charge < -0.3 is 24.6 Å². The quantitative estimate of drug-likeness (QED) is 0.522. The number of likely N-dealkylation sites (N-methyl/N-ethyl adjacent to an activating group) is 1. The predicted molar refractivity (Wildman–Crippen MR) is 154 cm³/mol. The van der Waals surface area contributed by atoms with Crippen LogP contribution < -0.4 is 10.2 Å². The molecule has 39 heavy (non-hydrogen) atoms. The summed E-state index contributed by atoms with van der Waals surface area (Å²) in [5, 5.41) is 4.23. The number of likely N-dealkylation sites (tertiary alicyclic amines) is 1. The lowest BCUT2D eigenvalue weighted by atomic mass is 9.79. The number of pyridine rings is 1. The van der Waals surface area contributed by atoms with Crippen LogP contribution in [0.15, 0.2) is 30.6 Å². The first kappa shape index (κ1) is 24.8. The molecule has 0 atom stereocenters. The summed E-state index contributed by atoms with van der Waals surface area (Å²) in [7, 11) is 1.92. The van der Waals surface area contributed by atoms with Gasteiger partial charge in [-0.3, -0.25) is 4.79 Å². The molecular weight excluding hydrogens is 488 g/mol. The van der Waals surface area contributed by atoms with E-state index in [9.17, 15) is 4.79 Å². The van der Waals surface area contributed by atoms with Crippen LogP contribution in [0.25, 0.3) is 11.0 Å². The second-order valence-electron chi connectivity index (χ2n) is 12.1. The van der Waals surface area contributed by atoms with Crippen molar-refractivity contribution in [3.05, 3.63) is 36.3 Å². The van der Waals surface area contributed by atoms with Crippen LogP contribution in [0, 0.1) is 0 Å². The topological polar surface area (TPSA) is 82.4 Å². The van der Waals surface area contributed by atoms with Gasteiger partial charge in [0, 0.05) is 44.3 Å². The number of hydrogen-bond acceptors (Lipinski definition) is 7. The van der Waals surface area contributed by atoms with E-state index in [0.717, 1.165) is 61.1 Å². The van der Waals surface area contributed by atoms with Gasteiger partial charge >= 0.3 is 0 Å². The largest absolute Gasteiger partial charge is 0.370 e. The highest BCUT2D eigenvalue weighted by Crippen LogP contribution is 2.42. The number of carbonyl (C=O) groups excluding carboxylic acids is 1. The Kier molecular flexibility index (Phi) is 6.41. The molecule has 9 heteroatoms. The molecule has 3 fully saturated rings. The summed E-state index contributed by atoms with van der Waals surface area (Å²) in [6, 6.07) is 6.88. The number of aromatic nitrogens is 4. The molecule has 206 valence electrons. The Morgan fingerprint density at radius 1 is 0.923 bits per heavy atom. The molecule has 1 saturated carbocycles. The summed E-state index contributed by atoms with van der Waals surface area (Å²) in [6.07, 6.45) is 16.2. The van der Waals surface area contributed by atoms with Crippen LogP contribution in [0.3, 0.4) is 0 Å². The van der Waals surface area contributed by atoms with E-state index in [0.29, 0.717) is 5.95 Å². The van der Waals surface area contributed by atoms with Crippen molar-refractivity contribution in [2.45, 2.75) is 75.8 Å². The second kappa shape index (κ2) is 10.1. The van der Waals surface area contributed by atoms with Crippen LogP contribution in [0.1, 0.15) is 74.7 Å². The number of piperidine rings is 2. The molecular formula is C30H40N8O. The van der Waals surface area contributed by atoms with Crippen LogP contribution in [-0.2, 0) is 5.54 Å². The molecule has 3 aromatic heterocycles. The summed E-state index contributed by atoms with van der Waals surface area (Å²) in [4.78, 5) is 34.4. The van der Waals surface area contributed by atoms with Crippen molar-refractivity contribution >= 4 is 34.4 Å². The number of amides is 1. The fraction of sp³-hybridized carbons (Fsp3) is 0.600. The van der Waals surface area contributed by atoms with E-state index < -0.39 is 0 Å². The fourth-order valence-electron chi connectivity index (χ4n) is 7.59. The molecule has 3 aromatic rings. The van der Waals surface area contributed by atoms with Gasteiger partial charge in [0.2, 0.25) is 5.95 Å². The van der Waals surface area contributed by atoms with Gasteiger partial charge in [-0.1, -0.05) is 25.7 Å². The van der Waals surface area contributed by atoms with Gasteiger partial charge in [0.25, 0.3) is 5.91 Å². The zero-order valence-electron chi connectivity index (χ0n) is 23.1. The molecule has 1 amide bonds. The van der Waals surface area contributed by atoms with E-state index in [-0.39, 0.29) is 11.4 Å². The Morgan fingerprint density at radius 2 is 1.69 bits per heavy atom. The monoisotopic (exact) mass is 528 g/mol. The zero-order chi connectivity index (χ0) is 26.4. The van der Waals surface area contributed by atoms with Crippen LogP contribution in [0.5, 0.6) is 0 Å². The highest BCUT2D eigenvalue weighted by molar-refractivity contribution is 5.99. The second-order valence-corrected chi connectivity index (χ2v) is 12.1. The summed E-state index contributed by atoms with van der Waals surface area (Å²) in [5.74, 6) is 1.31. The number of nitrogens with one attached hydrogen (secondary N) is 1. The first-order valence-electron chi connectivity index (χ1n) is 15.0. The first-order valence-corrected chi connectivity index (χ1v) is 15.0. The van der Waals surface area contributed by atoms with E-state index in [4.69, 9.17) is 9.97 Å². The van der Waals surface area contributed by atoms with E-state index in [1.54, 1.807) is 0 Å². The lowest BCUT2D eigenvalue weighted by Crippen LogP contribution is -2.53. The molecule has 3 aliphatic heterocycles. The molecule has 6 heterocycles. The molecule has 2 saturated heterocycles. The molecule has 1 N–H and O–H groups in total. The smallest absolute Gasteiger partial charge is 0.270 e. The van der Waals surface area contributed by atoms with E-state index in [1.165, 1.54) is 70.1 Å². The lowest BCUT2D eigenvalue weighted by molar-refractivity contribution is 0.0543. The average molecular weight is 529 g/mol. The number of anilines is 3. The van der Waals surface area contributed by atoms with E-state index >= 15 is 0 Å². The molecule has 0 unspecified atom stereocenters. The standard InChI is InChI=1S/C30H40N8O/c1-35-21-30(12-4-2-5-13-30)38-25(28(35)39)18-22-19-32-29(34-27(22)38)33-26-9-8-24(20-31-26)37-16-10-23(11-17-37)36-14-6-3-7-15-36/h8-9,18-20,23H,2-7,10-17,21H2,1H3,(H,31,32,33,34). The lowest BCUT2D eigenvalue weighted by Gasteiger charge is -2.45. The Bertz CT molecular complexity index is 1330. The van der Waals surface area contributed by atoms with Crippen LogP contribution >= 0.6 is 0 Å². The van der Waals surface area contributed by atoms with E-state index in [2.05, 4.69) is 30.7 Å². The Hall–Kier alpha value is -3.20. The van der Waals surface area contributed by atoms with Crippen molar-refractivity contribution in [1.29, 1.82) is 0 Å². The molecule has 0 bridgehead atoms. The van der Waals surface area contributed by atoms with Crippen LogP contribution in [-0.4, -0.2) is 81.0 Å². The van der Waals surface area contributed by atoms with Gasteiger partial charge in [-0.05, 0) is 69.8 Å². The molecule has 1 aliphatic carbocycles. The van der Waals surface area contributed by atoms with Crippen molar-refractivity contribution in [2.24, 2.45) is 0 Å². The molecule has 7 rings (SSSR count). The minimum absolute atomic E-state index is 0.0657. The first-order chi connectivity index (χ1) is 19.1. The van der Waals surface area contributed by atoms with Gasteiger partial charge in [0.1, 0.15) is 17.2 Å². The maximum absolute atomic E-state index is 13.1. The van der Waals surface area contributed by atoms with Crippen molar-refractivity contribution in [3.8, 4) is 0 Å². The third-order valence-corrected chi connectivity index (χ3v) is 9.62.